The lowest BCUT2D eigenvalue weighted by atomic mass is 10.2. The van der Waals surface area contributed by atoms with E-state index in [0.29, 0.717) is 5.56 Å². The molecule has 6 heteroatoms. The molecule has 0 aliphatic carbocycles. The number of nitrogens with two attached hydrogens (primary N) is 1. The van der Waals surface area contributed by atoms with Crippen LogP contribution < -0.4 is 10.5 Å². The average Bonchev–Trinajstić information content (AvgIpc) is 2.39. The molecule has 0 fully saturated rings. The zero-order valence-electron chi connectivity index (χ0n) is 10.3. The number of hydrogen-bond donors (Lipinski definition) is 2. The molecule has 0 bridgehead atoms. The number of benzene rings is 2. The lowest BCUT2D eigenvalue weighted by Gasteiger charge is -2.10. The molecule has 0 unspecified atom stereocenters. The molecule has 3 nitrogen and oxygen atoms in total. The number of hydrogen-bond acceptors (Lipinski definition) is 3. The van der Waals surface area contributed by atoms with E-state index in [-0.39, 0.29) is 23.8 Å². The van der Waals surface area contributed by atoms with Gasteiger partial charge in [0, 0.05) is 0 Å². The first-order chi connectivity index (χ1) is 9.36. The fraction of sp³-hybridized carbons (Fsp3) is 0.143. The van der Waals surface area contributed by atoms with Gasteiger partial charge in [0.2, 0.25) is 0 Å². The van der Waals surface area contributed by atoms with Gasteiger partial charge in [-0.05, 0) is 35.9 Å². The topological polar surface area (TPSA) is 55.5 Å². The van der Waals surface area contributed by atoms with Crippen LogP contribution >= 0.6 is 0 Å². The lowest BCUT2D eigenvalue weighted by Crippen LogP contribution is -2.05. The summed E-state index contributed by atoms with van der Waals surface area (Å²) in [6, 6.07) is 9.12. The second-order valence-corrected chi connectivity index (χ2v) is 4.21. The summed E-state index contributed by atoms with van der Waals surface area (Å²) in [5.74, 6) is 0.0688. The van der Waals surface area contributed by atoms with E-state index >= 15 is 0 Å². The number of phenols is 1. The highest BCUT2D eigenvalue weighted by molar-refractivity contribution is 5.53. The van der Waals surface area contributed by atoms with Crippen molar-refractivity contribution in [3.63, 3.8) is 0 Å². The molecule has 0 aliphatic rings. The Morgan fingerprint density at radius 1 is 1.10 bits per heavy atom. The monoisotopic (exact) mass is 283 g/mol. The molecular formula is C14H12F3NO2. The number of aromatic hydroxyl groups is 1. The van der Waals surface area contributed by atoms with Crippen molar-refractivity contribution < 1.29 is 23.0 Å². The summed E-state index contributed by atoms with van der Waals surface area (Å²) in [4.78, 5) is 0. The maximum atomic E-state index is 12.5. The molecule has 3 N–H and O–H groups in total. The van der Waals surface area contributed by atoms with Gasteiger partial charge in [-0.1, -0.05) is 12.1 Å². The Kier molecular flexibility index (Phi) is 3.74. The van der Waals surface area contributed by atoms with Crippen LogP contribution in [0.25, 0.3) is 0 Å². The molecule has 0 saturated heterocycles. The molecular weight excluding hydrogens is 271 g/mol. The van der Waals surface area contributed by atoms with Gasteiger partial charge >= 0.3 is 6.18 Å². The third kappa shape index (κ3) is 3.34. The number of phenolic OH excluding ortho intramolecular Hbond substituents is 1. The molecule has 2 aromatic carbocycles. The maximum absolute atomic E-state index is 12.5. The van der Waals surface area contributed by atoms with Crippen molar-refractivity contribution in [2.75, 3.05) is 5.73 Å². The van der Waals surface area contributed by atoms with E-state index in [1.807, 2.05) is 0 Å². The average molecular weight is 283 g/mol. The number of halogens is 3. The zero-order chi connectivity index (χ0) is 14.8. The summed E-state index contributed by atoms with van der Waals surface area (Å²) in [6.07, 6.45) is -4.40. The molecule has 0 radical (unpaired) electrons. The minimum absolute atomic E-state index is 0.0483. The normalized spacial score (nSPS) is 11.3. The van der Waals surface area contributed by atoms with Crippen molar-refractivity contribution in [3.05, 3.63) is 53.6 Å². The molecule has 0 amide bonds. The third-order valence-corrected chi connectivity index (χ3v) is 2.66. The van der Waals surface area contributed by atoms with Crippen LogP contribution in [0.4, 0.5) is 18.9 Å². The molecule has 0 atom stereocenters. The van der Waals surface area contributed by atoms with Crippen LogP contribution in [0.1, 0.15) is 11.1 Å². The molecule has 0 saturated carbocycles. The highest BCUT2D eigenvalue weighted by atomic mass is 19.4. The second kappa shape index (κ2) is 5.32. The van der Waals surface area contributed by atoms with Crippen molar-refractivity contribution in [1.29, 1.82) is 0 Å². The van der Waals surface area contributed by atoms with Gasteiger partial charge in [0.15, 0.2) is 0 Å². The van der Waals surface area contributed by atoms with E-state index in [9.17, 15) is 18.3 Å². The van der Waals surface area contributed by atoms with Gasteiger partial charge in [-0.2, -0.15) is 13.2 Å². The predicted octanol–water partition coefficient (Wildman–Crippen LogP) is 3.57. The van der Waals surface area contributed by atoms with Crippen molar-refractivity contribution in [1.82, 2.24) is 0 Å². The number of anilines is 1. The van der Waals surface area contributed by atoms with Gasteiger partial charge in [-0.3, -0.25) is 0 Å². The summed E-state index contributed by atoms with van der Waals surface area (Å²) >= 11 is 0. The molecule has 0 spiro atoms. The van der Waals surface area contributed by atoms with Crippen molar-refractivity contribution in [3.8, 4) is 11.5 Å². The largest absolute Gasteiger partial charge is 0.506 e. The van der Waals surface area contributed by atoms with E-state index < -0.39 is 11.7 Å². The number of rotatable bonds is 3. The first kappa shape index (κ1) is 14.0. The van der Waals surface area contributed by atoms with E-state index in [1.54, 1.807) is 6.07 Å². The van der Waals surface area contributed by atoms with Gasteiger partial charge in [-0.25, -0.2) is 0 Å². The van der Waals surface area contributed by atoms with Crippen LogP contribution in [0.2, 0.25) is 0 Å². The molecule has 0 aliphatic heterocycles. The predicted molar refractivity (Wildman–Crippen MR) is 68.3 cm³/mol. The standard InChI is InChI=1S/C14H12F3NO2/c15-14(16,17)10-2-1-3-11(7-10)20-8-9-4-5-13(19)12(18)6-9/h1-7,19H,8,18H2. The highest BCUT2D eigenvalue weighted by Crippen LogP contribution is 2.31. The fourth-order valence-electron chi connectivity index (χ4n) is 1.62. The first-order valence-electron chi connectivity index (χ1n) is 5.73. The van der Waals surface area contributed by atoms with E-state index in [1.165, 1.54) is 24.3 Å². The highest BCUT2D eigenvalue weighted by Gasteiger charge is 2.30. The lowest BCUT2D eigenvalue weighted by molar-refractivity contribution is -0.137. The van der Waals surface area contributed by atoms with E-state index in [2.05, 4.69) is 0 Å². The zero-order valence-corrected chi connectivity index (χ0v) is 10.3. The summed E-state index contributed by atoms with van der Waals surface area (Å²) < 4.78 is 42.9. The maximum Gasteiger partial charge on any atom is 0.416 e. The third-order valence-electron chi connectivity index (χ3n) is 2.66. The number of ether oxygens (including phenoxy) is 1. The summed E-state index contributed by atoms with van der Waals surface area (Å²) in [5.41, 5.74) is 5.59. The first-order valence-corrected chi connectivity index (χ1v) is 5.73. The van der Waals surface area contributed by atoms with Crippen LogP contribution in [0.3, 0.4) is 0 Å². The number of nitrogen functional groups attached to an aromatic ring is 1. The SMILES string of the molecule is Nc1cc(COc2cccc(C(F)(F)F)c2)ccc1O. The minimum atomic E-state index is -4.40. The van der Waals surface area contributed by atoms with Gasteiger partial charge < -0.3 is 15.6 Å². The molecule has 0 aromatic heterocycles. The Bertz CT molecular complexity index is 612. The van der Waals surface area contributed by atoms with Crippen molar-refractivity contribution >= 4 is 5.69 Å². The van der Waals surface area contributed by atoms with Crippen LogP contribution in [0, 0.1) is 0 Å². The summed E-state index contributed by atoms with van der Waals surface area (Å²) in [7, 11) is 0. The summed E-state index contributed by atoms with van der Waals surface area (Å²) in [5, 5.41) is 9.26. The van der Waals surface area contributed by atoms with Crippen molar-refractivity contribution in [2.24, 2.45) is 0 Å². The summed E-state index contributed by atoms with van der Waals surface area (Å²) in [6.45, 7) is 0.0613. The Morgan fingerprint density at radius 2 is 1.85 bits per heavy atom. The Hall–Kier alpha value is -2.37. The van der Waals surface area contributed by atoms with Crippen LogP contribution in [0.5, 0.6) is 11.5 Å². The van der Waals surface area contributed by atoms with Gasteiger partial charge in [0.05, 0.1) is 11.3 Å². The van der Waals surface area contributed by atoms with E-state index in [4.69, 9.17) is 10.5 Å². The molecule has 2 rings (SSSR count). The molecule has 20 heavy (non-hydrogen) atoms. The van der Waals surface area contributed by atoms with Gasteiger partial charge in [0.25, 0.3) is 0 Å². The molecule has 2 aromatic rings. The van der Waals surface area contributed by atoms with Gasteiger partial charge in [0.1, 0.15) is 18.1 Å². The second-order valence-electron chi connectivity index (χ2n) is 4.21. The smallest absolute Gasteiger partial charge is 0.416 e. The Balaban J connectivity index is 2.09. The van der Waals surface area contributed by atoms with Crippen LogP contribution in [-0.2, 0) is 12.8 Å². The van der Waals surface area contributed by atoms with Gasteiger partial charge in [-0.15, -0.1) is 0 Å². The van der Waals surface area contributed by atoms with Crippen LogP contribution in [-0.4, -0.2) is 5.11 Å². The Labute approximate surface area is 113 Å². The number of alkyl halides is 3. The molecule has 106 valence electrons. The van der Waals surface area contributed by atoms with Crippen molar-refractivity contribution in [2.45, 2.75) is 12.8 Å². The quantitative estimate of drug-likeness (QED) is 0.668. The Morgan fingerprint density at radius 3 is 2.50 bits per heavy atom. The minimum Gasteiger partial charge on any atom is -0.506 e. The fourth-order valence-corrected chi connectivity index (χ4v) is 1.62. The van der Waals surface area contributed by atoms with E-state index in [0.717, 1.165) is 12.1 Å². The van der Waals surface area contributed by atoms with Crippen LogP contribution in [0.15, 0.2) is 42.5 Å². The molecule has 0 heterocycles.